The van der Waals surface area contributed by atoms with Crippen LogP contribution in [0.1, 0.15) is 11.1 Å². The van der Waals surface area contributed by atoms with E-state index >= 15 is 0 Å². The van der Waals surface area contributed by atoms with E-state index in [1.807, 2.05) is 36.0 Å². The van der Waals surface area contributed by atoms with Crippen LogP contribution in [-0.4, -0.2) is 23.2 Å². The molecule has 1 heterocycles. The molecule has 0 aliphatic heterocycles. The van der Waals surface area contributed by atoms with Gasteiger partial charge in [-0.3, -0.25) is 0 Å². The normalized spacial score (nSPS) is 9.95. The van der Waals surface area contributed by atoms with Gasteiger partial charge in [-0.05, 0) is 18.2 Å². The van der Waals surface area contributed by atoms with Crippen LogP contribution in [-0.2, 0) is 12.8 Å². The zero-order valence-electron chi connectivity index (χ0n) is 11.6. The van der Waals surface area contributed by atoms with Gasteiger partial charge in [0.05, 0.1) is 13.7 Å². The summed E-state index contributed by atoms with van der Waals surface area (Å²) in [7, 11) is 3.66. The molecule has 104 valence electrons. The van der Waals surface area contributed by atoms with Crippen LogP contribution in [0.15, 0.2) is 35.7 Å². The Bertz CT molecular complexity index is 640. The molecule has 0 aliphatic rings. The molecule has 0 fully saturated rings. The summed E-state index contributed by atoms with van der Waals surface area (Å²) in [4.78, 5) is 4.30. The number of methoxy groups -OCH3 is 1. The summed E-state index contributed by atoms with van der Waals surface area (Å²) in [5.74, 6) is 7.55. The number of nitrogens with two attached hydrogens (primary N) is 1. The molecule has 2 rings (SSSR count). The lowest BCUT2D eigenvalue weighted by Crippen LogP contribution is -1.95. The molecule has 0 saturated heterocycles. The highest BCUT2D eigenvalue weighted by Gasteiger charge is 2.07. The fourth-order valence-electron chi connectivity index (χ4n) is 1.76. The van der Waals surface area contributed by atoms with E-state index in [0.717, 1.165) is 27.8 Å². The van der Waals surface area contributed by atoms with Gasteiger partial charge in [0.25, 0.3) is 0 Å². The van der Waals surface area contributed by atoms with Gasteiger partial charge in [0.1, 0.15) is 5.75 Å². The standard InChI is InChI=1S/C15H17N3OS/c1-18-9-8-17-15(18)20-11-13-10-12(4-3-7-16)5-6-14(13)19-2/h5-6,8-10H,7,11,16H2,1-2H3. The fourth-order valence-corrected chi connectivity index (χ4v) is 2.67. The third-order valence-corrected chi connectivity index (χ3v) is 3.86. The summed E-state index contributed by atoms with van der Waals surface area (Å²) in [5.41, 5.74) is 7.45. The second-order valence-electron chi connectivity index (χ2n) is 4.14. The molecule has 5 heteroatoms. The SMILES string of the molecule is COc1ccc(C#CCN)cc1CSc1nccn1C. The van der Waals surface area contributed by atoms with E-state index < -0.39 is 0 Å². The van der Waals surface area contributed by atoms with Gasteiger partial charge in [0, 0.05) is 36.3 Å². The minimum atomic E-state index is 0.364. The smallest absolute Gasteiger partial charge is 0.167 e. The van der Waals surface area contributed by atoms with Gasteiger partial charge in [0.2, 0.25) is 0 Å². The highest BCUT2D eigenvalue weighted by Crippen LogP contribution is 2.27. The molecule has 0 saturated carbocycles. The number of rotatable bonds is 4. The van der Waals surface area contributed by atoms with Crippen molar-refractivity contribution in [3.05, 3.63) is 41.7 Å². The van der Waals surface area contributed by atoms with Crippen LogP contribution in [0.3, 0.4) is 0 Å². The third-order valence-electron chi connectivity index (χ3n) is 2.75. The second kappa shape index (κ2) is 7.04. The van der Waals surface area contributed by atoms with Crippen LogP contribution < -0.4 is 10.5 Å². The average molecular weight is 287 g/mol. The average Bonchev–Trinajstić information content (AvgIpc) is 2.88. The Morgan fingerprint density at radius 3 is 2.95 bits per heavy atom. The summed E-state index contributed by atoms with van der Waals surface area (Å²) in [5, 5.41) is 0.977. The fraction of sp³-hybridized carbons (Fsp3) is 0.267. The lowest BCUT2D eigenvalue weighted by Gasteiger charge is -2.08. The molecule has 1 aromatic heterocycles. The molecule has 0 spiro atoms. The second-order valence-corrected chi connectivity index (χ2v) is 5.08. The predicted molar refractivity (Wildman–Crippen MR) is 81.7 cm³/mol. The minimum Gasteiger partial charge on any atom is -0.496 e. The van der Waals surface area contributed by atoms with Crippen molar-refractivity contribution in [2.45, 2.75) is 10.9 Å². The summed E-state index contributed by atoms with van der Waals surface area (Å²) >= 11 is 1.67. The summed E-state index contributed by atoms with van der Waals surface area (Å²) in [6, 6.07) is 5.92. The number of hydrogen-bond donors (Lipinski definition) is 1. The minimum absolute atomic E-state index is 0.364. The van der Waals surface area contributed by atoms with Crippen LogP contribution in [0.25, 0.3) is 0 Å². The molecule has 0 unspecified atom stereocenters. The van der Waals surface area contributed by atoms with Gasteiger partial charge in [-0.2, -0.15) is 0 Å². The van der Waals surface area contributed by atoms with Crippen LogP contribution in [0.2, 0.25) is 0 Å². The van der Waals surface area contributed by atoms with Crippen LogP contribution in [0.5, 0.6) is 5.75 Å². The van der Waals surface area contributed by atoms with E-state index in [0.29, 0.717) is 6.54 Å². The Labute approximate surface area is 123 Å². The number of hydrogen-bond acceptors (Lipinski definition) is 4. The molecule has 20 heavy (non-hydrogen) atoms. The molecule has 1 aromatic carbocycles. The molecule has 0 radical (unpaired) electrons. The van der Waals surface area contributed by atoms with Gasteiger partial charge in [0.15, 0.2) is 5.16 Å². The number of imidazole rings is 1. The lowest BCUT2D eigenvalue weighted by molar-refractivity contribution is 0.411. The quantitative estimate of drug-likeness (QED) is 0.690. The molecule has 0 amide bonds. The van der Waals surface area contributed by atoms with Crippen molar-refractivity contribution in [2.24, 2.45) is 12.8 Å². The van der Waals surface area contributed by atoms with Crippen molar-refractivity contribution >= 4 is 11.8 Å². The monoisotopic (exact) mass is 287 g/mol. The van der Waals surface area contributed by atoms with Gasteiger partial charge in [-0.15, -0.1) is 0 Å². The number of thioether (sulfide) groups is 1. The zero-order chi connectivity index (χ0) is 14.4. The molecule has 0 aliphatic carbocycles. The van der Waals surface area contributed by atoms with Crippen molar-refractivity contribution in [1.29, 1.82) is 0 Å². The topological polar surface area (TPSA) is 53.1 Å². The van der Waals surface area contributed by atoms with Crippen molar-refractivity contribution in [1.82, 2.24) is 9.55 Å². The van der Waals surface area contributed by atoms with E-state index in [1.54, 1.807) is 25.1 Å². The van der Waals surface area contributed by atoms with Gasteiger partial charge in [-0.25, -0.2) is 4.98 Å². The van der Waals surface area contributed by atoms with E-state index in [4.69, 9.17) is 10.5 Å². The van der Waals surface area contributed by atoms with Crippen molar-refractivity contribution in [3.8, 4) is 17.6 Å². The highest BCUT2D eigenvalue weighted by atomic mass is 32.2. The molecule has 0 bridgehead atoms. The van der Waals surface area contributed by atoms with Gasteiger partial charge >= 0.3 is 0 Å². The molecular weight excluding hydrogens is 270 g/mol. The van der Waals surface area contributed by atoms with Crippen LogP contribution >= 0.6 is 11.8 Å². The van der Waals surface area contributed by atoms with E-state index in [2.05, 4.69) is 16.8 Å². The summed E-state index contributed by atoms with van der Waals surface area (Å²) < 4.78 is 7.39. The number of aromatic nitrogens is 2. The first-order valence-electron chi connectivity index (χ1n) is 6.20. The molecular formula is C15H17N3OS. The predicted octanol–water partition coefficient (Wildman–Crippen LogP) is 2.03. The first-order valence-corrected chi connectivity index (χ1v) is 7.19. The first-order chi connectivity index (χ1) is 9.74. The van der Waals surface area contributed by atoms with Gasteiger partial charge in [-0.1, -0.05) is 23.6 Å². The van der Waals surface area contributed by atoms with Crippen LogP contribution in [0, 0.1) is 11.8 Å². The first kappa shape index (κ1) is 14.5. The maximum atomic E-state index is 5.40. The molecule has 4 nitrogen and oxygen atoms in total. The summed E-state index contributed by atoms with van der Waals surface area (Å²) in [6.07, 6.45) is 3.73. The number of nitrogens with zero attached hydrogens (tertiary/aromatic N) is 2. The van der Waals surface area contributed by atoms with Gasteiger partial charge < -0.3 is 15.0 Å². The Hall–Kier alpha value is -1.90. The van der Waals surface area contributed by atoms with E-state index in [1.165, 1.54) is 0 Å². The Morgan fingerprint density at radius 2 is 2.30 bits per heavy atom. The number of aryl methyl sites for hydroxylation is 1. The van der Waals surface area contributed by atoms with Crippen molar-refractivity contribution in [3.63, 3.8) is 0 Å². The van der Waals surface area contributed by atoms with Crippen LogP contribution in [0.4, 0.5) is 0 Å². The Morgan fingerprint density at radius 1 is 1.45 bits per heavy atom. The molecule has 2 aromatic rings. The largest absolute Gasteiger partial charge is 0.496 e. The maximum Gasteiger partial charge on any atom is 0.167 e. The molecule has 2 N–H and O–H groups in total. The van der Waals surface area contributed by atoms with E-state index in [-0.39, 0.29) is 0 Å². The van der Waals surface area contributed by atoms with Crippen molar-refractivity contribution in [2.75, 3.05) is 13.7 Å². The van der Waals surface area contributed by atoms with Crippen molar-refractivity contribution < 1.29 is 4.74 Å². The maximum absolute atomic E-state index is 5.40. The molecule has 0 atom stereocenters. The number of ether oxygens (including phenoxy) is 1. The Balaban J connectivity index is 2.18. The van der Waals surface area contributed by atoms with E-state index in [9.17, 15) is 0 Å². The highest BCUT2D eigenvalue weighted by molar-refractivity contribution is 7.98. The Kier molecular flexibility index (Phi) is 5.10. The third kappa shape index (κ3) is 3.56. The zero-order valence-corrected chi connectivity index (χ0v) is 12.4. The number of benzene rings is 1. The summed E-state index contributed by atoms with van der Waals surface area (Å²) in [6.45, 7) is 0.364. The lowest BCUT2D eigenvalue weighted by atomic mass is 10.1.